The fourth-order valence-corrected chi connectivity index (χ4v) is 2.94. The molecule has 1 heterocycles. The van der Waals surface area contributed by atoms with Gasteiger partial charge in [-0.05, 0) is 56.8 Å². The highest BCUT2D eigenvalue weighted by atomic mass is 16.2. The number of carbonyl (C=O) groups is 1. The Kier molecular flexibility index (Phi) is 5.60. The monoisotopic (exact) mass is 274 g/mol. The summed E-state index contributed by atoms with van der Waals surface area (Å²) in [6.45, 7) is 8.04. The van der Waals surface area contributed by atoms with Crippen LogP contribution in [0.3, 0.4) is 0 Å². The van der Waals surface area contributed by atoms with Gasteiger partial charge in [-0.15, -0.1) is 0 Å². The Balaban J connectivity index is 2.07. The molecule has 1 amide bonds. The number of rotatable bonds is 5. The lowest BCUT2D eigenvalue weighted by Crippen LogP contribution is -2.39. The second-order valence-electron chi connectivity index (χ2n) is 5.55. The first-order chi connectivity index (χ1) is 9.76. The topological polar surface area (TPSA) is 32.3 Å². The Morgan fingerprint density at radius 3 is 2.60 bits per heavy atom. The number of nitrogens with zero attached hydrogens (tertiary/aromatic N) is 1. The van der Waals surface area contributed by atoms with Crippen LogP contribution in [-0.4, -0.2) is 37.0 Å². The standard InChI is InChI=1S/C17H26N2O/c1-3-15-7-5-6-8-16(15)17(20)19(4-2)13-14-9-11-18-12-10-14/h5-8,14,18H,3-4,9-13H2,1-2H3. The number of aryl methyl sites for hydroxylation is 1. The van der Waals surface area contributed by atoms with Crippen molar-refractivity contribution in [2.45, 2.75) is 33.1 Å². The Labute approximate surface area is 122 Å². The molecule has 1 aliphatic rings. The Morgan fingerprint density at radius 2 is 1.95 bits per heavy atom. The lowest BCUT2D eigenvalue weighted by Gasteiger charge is -2.30. The molecule has 0 spiro atoms. The van der Waals surface area contributed by atoms with Gasteiger partial charge in [0.05, 0.1) is 0 Å². The van der Waals surface area contributed by atoms with E-state index in [1.54, 1.807) is 0 Å². The van der Waals surface area contributed by atoms with Crippen molar-refractivity contribution >= 4 is 5.91 Å². The summed E-state index contributed by atoms with van der Waals surface area (Å²) in [4.78, 5) is 14.8. The smallest absolute Gasteiger partial charge is 0.254 e. The summed E-state index contributed by atoms with van der Waals surface area (Å²) in [7, 11) is 0. The first-order valence-corrected chi connectivity index (χ1v) is 7.84. The summed E-state index contributed by atoms with van der Waals surface area (Å²) in [5.41, 5.74) is 2.03. The highest BCUT2D eigenvalue weighted by Gasteiger charge is 2.21. The van der Waals surface area contributed by atoms with Gasteiger partial charge in [0, 0.05) is 18.7 Å². The molecule has 0 atom stereocenters. The zero-order chi connectivity index (χ0) is 14.4. The van der Waals surface area contributed by atoms with Crippen LogP contribution in [0.2, 0.25) is 0 Å². The Bertz CT molecular complexity index is 438. The van der Waals surface area contributed by atoms with Gasteiger partial charge in [0.2, 0.25) is 0 Å². The van der Waals surface area contributed by atoms with Gasteiger partial charge in [-0.3, -0.25) is 4.79 Å². The molecule has 20 heavy (non-hydrogen) atoms. The number of hydrogen-bond acceptors (Lipinski definition) is 2. The van der Waals surface area contributed by atoms with Crippen molar-refractivity contribution in [2.75, 3.05) is 26.2 Å². The molecule has 1 aliphatic heterocycles. The van der Waals surface area contributed by atoms with Crippen LogP contribution in [0, 0.1) is 5.92 Å². The molecule has 110 valence electrons. The third-order valence-electron chi connectivity index (χ3n) is 4.23. The molecule has 1 aromatic carbocycles. The van der Waals surface area contributed by atoms with Gasteiger partial charge in [-0.1, -0.05) is 25.1 Å². The first kappa shape index (κ1) is 15.0. The molecule has 0 aromatic heterocycles. The summed E-state index contributed by atoms with van der Waals surface area (Å²) in [6.07, 6.45) is 3.27. The summed E-state index contributed by atoms with van der Waals surface area (Å²) in [5, 5.41) is 3.38. The Hall–Kier alpha value is -1.35. The van der Waals surface area contributed by atoms with Crippen LogP contribution in [0.15, 0.2) is 24.3 Å². The van der Waals surface area contributed by atoms with Crippen molar-refractivity contribution in [3.05, 3.63) is 35.4 Å². The van der Waals surface area contributed by atoms with Gasteiger partial charge in [0.15, 0.2) is 0 Å². The largest absolute Gasteiger partial charge is 0.339 e. The number of benzene rings is 1. The lowest BCUT2D eigenvalue weighted by atomic mass is 9.96. The molecular weight excluding hydrogens is 248 g/mol. The molecule has 1 aromatic rings. The van der Waals surface area contributed by atoms with Gasteiger partial charge in [0.25, 0.3) is 5.91 Å². The van der Waals surface area contributed by atoms with Crippen LogP contribution >= 0.6 is 0 Å². The summed E-state index contributed by atoms with van der Waals surface area (Å²) < 4.78 is 0. The van der Waals surface area contributed by atoms with Crippen molar-refractivity contribution in [1.29, 1.82) is 0 Å². The van der Waals surface area contributed by atoms with Gasteiger partial charge < -0.3 is 10.2 Å². The van der Waals surface area contributed by atoms with Crippen LogP contribution < -0.4 is 5.32 Å². The molecule has 1 saturated heterocycles. The van der Waals surface area contributed by atoms with Gasteiger partial charge >= 0.3 is 0 Å². The maximum atomic E-state index is 12.7. The van der Waals surface area contributed by atoms with E-state index in [0.717, 1.165) is 43.7 Å². The first-order valence-electron chi connectivity index (χ1n) is 7.84. The number of nitrogens with one attached hydrogen (secondary N) is 1. The summed E-state index contributed by atoms with van der Waals surface area (Å²) in [6, 6.07) is 8.00. The van der Waals surface area contributed by atoms with Crippen molar-refractivity contribution in [2.24, 2.45) is 5.92 Å². The minimum absolute atomic E-state index is 0.198. The number of piperidine rings is 1. The maximum Gasteiger partial charge on any atom is 0.254 e. The summed E-state index contributed by atoms with van der Waals surface area (Å²) >= 11 is 0. The van der Waals surface area contributed by atoms with E-state index in [4.69, 9.17) is 0 Å². The highest BCUT2D eigenvalue weighted by molar-refractivity contribution is 5.95. The predicted molar refractivity (Wildman–Crippen MR) is 83.0 cm³/mol. The van der Waals surface area contributed by atoms with E-state index in [9.17, 15) is 4.79 Å². The minimum atomic E-state index is 0.198. The number of hydrogen-bond donors (Lipinski definition) is 1. The molecule has 1 N–H and O–H groups in total. The van der Waals surface area contributed by atoms with Crippen molar-refractivity contribution < 1.29 is 4.79 Å². The second kappa shape index (κ2) is 7.44. The van der Waals surface area contributed by atoms with Crippen molar-refractivity contribution in [1.82, 2.24) is 10.2 Å². The molecule has 1 fully saturated rings. The number of amides is 1. The van der Waals surface area contributed by atoms with Gasteiger partial charge in [0.1, 0.15) is 0 Å². The zero-order valence-corrected chi connectivity index (χ0v) is 12.7. The zero-order valence-electron chi connectivity index (χ0n) is 12.7. The van der Waals surface area contributed by atoms with Crippen LogP contribution in [0.1, 0.15) is 42.6 Å². The van der Waals surface area contributed by atoms with Crippen LogP contribution in [0.4, 0.5) is 0 Å². The molecule has 0 aliphatic carbocycles. The van der Waals surface area contributed by atoms with Crippen LogP contribution in [0.5, 0.6) is 0 Å². The van der Waals surface area contributed by atoms with E-state index in [1.807, 2.05) is 23.1 Å². The van der Waals surface area contributed by atoms with Crippen LogP contribution in [0.25, 0.3) is 0 Å². The molecule has 0 unspecified atom stereocenters. The van der Waals surface area contributed by atoms with Gasteiger partial charge in [-0.2, -0.15) is 0 Å². The fourth-order valence-electron chi connectivity index (χ4n) is 2.94. The molecule has 2 rings (SSSR count). The van der Waals surface area contributed by atoms with E-state index in [1.165, 1.54) is 12.8 Å². The van der Waals surface area contributed by atoms with E-state index in [2.05, 4.69) is 25.2 Å². The SMILES string of the molecule is CCc1ccccc1C(=O)N(CC)CC1CCNCC1. The van der Waals surface area contributed by atoms with Crippen LogP contribution in [-0.2, 0) is 6.42 Å². The van der Waals surface area contributed by atoms with E-state index < -0.39 is 0 Å². The average molecular weight is 274 g/mol. The maximum absolute atomic E-state index is 12.7. The third-order valence-corrected chi connectivity index (χ3v) is 4.23. The molecule has 0 saturated carbocycles. The molecule has 0 radical (unpaired) electrons. The fraction of sp³-hybridized carbons (Fsp3) is 0.588. The number of carbonyl (C=O) groups excluding carboxylic acids is 1. The normalized spacial score (nSPS) is 16.1. The van der Waals surface area contributed by atoms with E-state index in [-0.39, 0.29) is 5.91 Å². The second-order valence-corrected chi connectivity index (χ2v) is 5.55. The van der Waals surface area contributed by atoms with Gasteiger partial charge in [-0.25, -0.2) is 0 Å². The van der Waals surface area contributed by atoms with Crippen molar-refractivity contribution in [3.8, 4) is 0 Å². The Morgan fingerprint density at radius 1 is 1.25 bits per heavy atom. The quantitative estimate of drug-likeness (QED) is 0.895. The van der Waals surface area contributed by atoms with Crippen molar-refractivity contribution in [3.63, 3.8) is 0 Å². The molecule has 3 heteroatoms. The third kappa shape index (κ3) is 3.60. The molecular formula is C17H26N2O. The van der Waals surface area contributed by atoms with E-state index in [0.29, 0.717) is 5.92 Å². The highest BCUT2D eigenvalue weighted by Crippen LogP contribution is 2.17. The summed E-state index contributed by atoms with van der Waals surface area (Å²) in [5.74, 6) is 0.845. The minimum Gasteiger partial charge on any atom is -0.339 e. The predicted octanol–water partition coefficient (Wildman–Crippen LogP) is 2.71. The lowest BCUT2D eigenvalue weighted by molar-refractivity contribution is 0.0725. The molecule has 0 bridgehead atoms. The molecule has 3 nitrogen and oxygen atoms in total. The average Bonchev–Trinajstić information content (AvgIpc) is 2.53. The van der Waals surface area contributed by atoms with E-state index >= 15 is 0 Å².